The normalized spacial score (nSPS) is 28.3. The quantitative estimate of drug-likeness (QED) is 0.731. The standard InChI is InChI=1S/C14H29NO/c1-4-6-14(16)10-15-13-8-5-7-12(9-13)11(2)3/h11-16H,4-10H2,1-3H3. The number of nitrogens with one attached hydrogen (secondary N) is 1. The third kappa shape index (κ3) is 4.84. The van der Waals surface area contributed by atoms with E-state index in [0.717, 1.165) is 31.2 Å². The summed E-state index contributed by atoms with van der Waals surface area (Å²) in [6, 6.07) is 0.646. The summed E-state index contributed by atoms with van der Waals surface area (Å²) in [5, 5.41) is 13.2. The van der Waals surface area contributed by atoms with Crippen molar-refractivity contribution in [1.29, 1.82) is 0 Å². The molecule has 0 amide bonds. The number of hydrogen-bond acceptors (Lipinski definition) is 2. The Bertz CT molecular complexity index is 182. The van der Waals surface area contributed by atoms with Gasteiger partial charge in [0.05, 0.1) is 6.10 Å². The summed E-state index contributed by atoms with van der Waals surface area (Å²) in [5.74, 6) is 1.69. The van der Waals surface area contributed by atoms with Crippen LogP contribution in [0.3, 0.4) is 0 Å². The molecule has 1 rings (SSSR count). The van der Waals surface area contributed by atoms with E-state index in [0.29, 0.717) is 6.04 Å². The van der Waals surface area contributed by atoms with Gasteiger partial charge in [-0.3, -0.25) is 0 Å². The van der Waals surface area contributed by atoms with Crippen molar-refractivity contribution in [2.75, 3.05) is 6.54 Å². The van der Waals surface area contributed by atoms with Crippen molar-refractivity contribution in [3.05, 3.63) is 0 Å². The third-order valence-corrected chi connectivity index (χ3v) is 3.92. The molecule has 16 heavy (non-hydrogen) atoms. The molecule has 2 N–H and O–H groups in total. The second-order valence-electron chi connectivity index (χ2n) is 5.72. The van der Waals surface area contributed by atoms with E-state index in [4.69, 9.17) is 0 Å². The maximum Gasteiger partial charge on any atom is 0.0664 e. The molecule has 3 unspecified atom stereocenters. The first-order valence-electron chi connectivity index (χ1n) is 7.05. The summed E-state index contributed by atoms with van der Waals surface area (Å²) in [5.41, 5.74) is 0. The Morgan fingerprint density at radius 2 is 2.06 bits per heavy atom. The summed E-state index contributed by atoms with van der Waals surface area (Å²) in [6.07, 6.45) is 7.19. The van der Waals surface area contributed by atoms with Crippen LogP contribution in [0.4, 0.5) is 0 Å². The maximum absolute atomic E-state index is 9.69. The lowest BCUT2D eigenvalue weighted by molar-refractivity contribution is 0.145. The van der Waals surface area contributed by atoms with Crippen molar-refractivity contribution >= 4 is 0 Å². The molecule has 2 nitrogen and oxygen atoms in total. The van der Waals surface area contributed by atoms with Gasteiger partial charge in [0.2, 0.25) is 0 Å². The highest BCUT2D eigenvalue weighted by molar-refractivity contribution is 4.80. The molecule has 0 aliphatic heterocycles. The number of hydrogen-bond donors (Lipinski definition) is 2. The van der Waals surface area contributed by atoms with Crippen LogP contribution in [0.1, 0.15) is 59.3 Å². The van der Waals surface area contributed by atoms with E-state index in [1.165, 1.54) is 25.7 Å². The predicted molar refractivity (Wildman–Crippen MR) is 69.5 cm³/mol. The van der Waals surface area contributed by atoms with E-state index in [1.807, 2.05) is 0 Å². The van der Waals surface area contributed by atoms with Crippen molar-refractivity contribution in [2.24, 2.45) is 11.8 Å². The van der Waals surface area contributed by atoms with E-state index < -0.39 is 0 Å². The Morgan fingerprint density at radius 3 is 2.69 bits per heavy atom. The van der Waals surface area contributed by atoms with E-state index in [2.05, 4.69) is 26.1 Å². The number of aliphatic hydroxyl groups is 1. The summed E-state index contributed by atoms with van der Waals surface area (Å²) >= 11 is 0. The fraction of sp³-hybridized carbons (Fsp3) is 1.00. The van der Waals surface area contributed by atoms with E-state index in [1.54, 1.807) is 0 Å². The Kier molecular flexibility index (Phi) is 6.37. The maximum atomic E-state index is 9.69. The Balaban J connectivity index is 2.21. The summed E-state index contributed by atoms with van der Waals surface area (Å²) < 4.78 is 0. The zero-order chi connectivity index (χ0) is 12.0. The minimum atomic E-state index is -0.149. The largest absolute Gasteiger partial charge is 0.392 e. The van der Waals surface area contributed by atoms with Crippen LogP contribution in [-0.4, -0.2) is 23.8 Å². The van der Waals surface area contributed by atoms with Crippen LogP contribution in [0.25, 0.3) is 0 Å². The number of aliphatic hydroxyl groups excluding tert-OH is 1. The van der Waals surface area contributed by atoms with Crippen molar-refractivity contribution < 1.29 is 5.11 Å². The van der Waals surface area contributed by atoms with Gasteiger partial charge in [0, 0.05) is 12.6 Å². The van der Waals surface area contributed by atoms with Gasteiger partial charge in [-0.15, -0.1) is 0 Å². The molecule has 0 aromatic carbocycles. The molecule has 0 aromatic heterocycles. The molecule has 0 heterocycles. The number of rotatable bonds is 6. The molecular weight excluding hydrogens is 198 g/mol. The topological polar surface area (TPSA) is 32.3 Å². The predicted octanol–water partition coefficient (Wildman–Crippen LogP) is 2.95. The SMILES string of the molecule is CCCC(O)CNC1CCCC(C(C)C)C1. The highest BCUT2D eigenvalue weighted by Gasteiger charge is 2.23. The zero-order valence-electron chi connectivity index (χ0n) is 11.2. The van der Waals surface area contributed by atoms with Crippen LogP contribution in [0, 0.1) is 11.8 Å². The fourth-order valence-corrected chi connectivity index (χ4v) is 2.76. The van der Waals surface area contributed by atoms with Crippen molar-refractivity contribution in [2.45, 2.75) is 71.4 Å². The van der Waals surface area contributed by atoms with E-state index in [9.17, 15) is 5.11 Å². The van der Waals surface area contributed by atoms with Crippen LogP contribution in [0.15, 0.2) is 0 Å². The lowest BCUT2D eigenvalue weighted by Gasteiger charge is -2.32. The molecular formula is C14H29NO. The highest BCUT2D eigenvalue weighted by atomic mass is 16.3. The van der Waals surface area contributed by atoms with E-state index >= 15 is 0 Å². The average molecular weight is 227 g/mol. The lowest BCUT2D eigenvalue weighted by atomic mass is 9.79. The lowest BCUT2D eigenvalue weighted by Crippen LogP contribution is -2.39. The fourth-order valence-electron chi connectivity index (χ4n) is 2.76. The molecule has 3 atom stereocenters. The first kappa shape index (κ1) is 14.0. The smallest absolute Gasteiger partial charge is 0.0664 e. The Hall–Kier alpha value is -0.0800. The van der Waals surface area contributed by atoms with Gasteiger partial charge in [0.25, 0.3) is 0 Å². The first-order chi connectivity index (χ1) is 7.63. The van der Waals surface area contributed by atoms with Gasteiger partial charge in [-0.1, -0.05) is 40.0 Å². The minimum absolute atomic E-state index is 0.149. The molecule has 1 aliphatic carbocycles. The summed E-state index contributed by atoms with van der Waals surface area (Å²) in [7, 11) is 0. The average Bonchev–Trinajstić information content (AvgIpc) is 2.27. The molecule has 1 aliphatic rings. The van der Waals surface area contributed by atoms with Crippen LogP contribution in [0.5, 0.6) is 0 Å². The van der Waals surface area contributed by atoms with Gasteiger partial charge < -0.3 is 10.4 Å². The van der Waals surface area contributed by atoms with Crippen molar-refractivity contribution in [3.63, 3.8) is 0 Å². The molecule has 0 radical (unpaired) electrons. The van der Waals surface area contributed by atoms with Gasteiger partial charge >= 0.3 is 0 Å². The van der Waals surface area contributed by atoms with Gasteiger partial charge in [0.1, 0.15) is 0 Å². The molecule has 1 fully saturated rings. The minimum Gasteiger partial charge on any atom is -0.392 e. The van der Waals surface area contributed by atoms with Crippen molar-refractivity contribution in [3.8, 4) is 0 Å². The van der Waals surface area contributed by atoms with Gasteiger partial charge in [-0.25, -0.2) is 0 Å². The summed E-state index contributed by atoms with van der Waals surface area (Å²) in [6.45, 7) is 7.57. The molecule has 1 saturated carbocycles. The molecule has 0 bridgehead atoms. The highest BCUT2D eigenvalue weighted by Crippen LogP contribution is 2.29. The Labute approximate surface area is 101 Å². The molecule has 0 aromatic rings. The second-order valence-corrected chi connectivity index (χ2v) is 5.72. The zero-order valence-corrected chi connectivity index (χ0v) is 11.2. The molecule has 0 saturated heterocycles. The van der Waals surface area contributed by atoms with Crippen LogP contribution >= 0.6 is 0 Å². The summed E-state index contributed by atoms with van der Waals surface area (Å²) in [4.78, 5) is 0. The van der Waals surface area contributed by atoms with Gasteiger partial charge in [0.15, 0.2) is 0 Å². The van der Waals surface area contributed by atoms with Gasteiger partial charge in [-0.05, 0) is 31.1 Å². The third-order valence-electron chi connectivity index (χ3n) is 3.92. The second kappa shape index (κ2) is 7.29. The first-order valence-corrected chi connectivity index (χ1v) is 7.05. The molecule has 0 spiro atoms. The Morgan fingerprint density at radius 1 is 1.31 bits per heavy atom. The monoisotopic (exact) mass is 227 g/mol. The van der Waals surface area contributed by atoms with E-state index in [-0.39, 0.29) is 6.10 Å². The van der Waals surface area contributed by atoms with Crippen molar-refractivity contribution in [1.82, 2.24) is 5.32 Å². The van der Waals surface area contributed by atoms with Crippen LogP contribution < -0.4 is 5.32 Å². The molecule has 2 heteroatoms. The molecule has 96 valence electrons. The van der Waals surface area contributed by atoms with Crippen LogP contribution in [-0.2, 0) is 0 Å². The van der Waals surface area contributed by atoms with Crippen LogP contribution in [0.2, 0.25) is 0 Å². The van der Waals surface area contributed by atoms with Gasteiger partial charge in [-0.2, -0.15) is 0 Å².